The smallest absolute Gasteiger partial charge is 0.322 e. The van der Waals surface area contributed by atoms with Crippen LogP contribution >= 0.6 is 0 Å². The molecule has 0 atom stereocenters. The summed E-state index contributed by atoms with van der Waals surface area (Å²) >= 11 is 0. The lowest BCUT2D eigenvalue weighted by Gasteiger charge is -2.13. The van der Waals surface area contributed by atoms with E-state index in [1.165, 1.54) is 24.3 Å². The minimum Gasteiger partial charge on any atom is -0.322 e. The molecule has 0 unspecified atom stereocenters. The first kappa shape index (κ1) is 17.6. The molecule has 1 amide bonds. The lowest BCUT2D eigenvalue weighted by atomic mass is 10.2. The average molecular weight is 367 g/mol. The van der Waals surface area contributed by atoms with E-state index in [9.17, 15) is 26.7 Å². The fraction of sp³-hybridized carbons (Fsp3) is 0.0588. The molecular weight excluding hydrogens is 357 g/mol. The summed E-state index contributed by atoms with van der Waals surface area (Å²) in [5.41, 5.74) is -2.27. The summed E-state index contributed by atoms with van der Waals surface area (Å²) in [4.78, 5) is 12.2. The number of rotatable bonds is 3. The van der Waals surface area contributed by atoms with Crippen LogP contribution in [-0.4, -0.2) is 15.7 Å². The number of hydrogen-bond donors (Lipinski definition) is 1. The monoisotopic (exact) mass is 367 g/mol. The second-order valence-corrected chi connectivity index (χ2v) is 5.26. The molecule has 0 aliphatic rings. The van der Waals surface area contributed by atoms with Gasteiger partial charge in [0.25, 0.3) is 5.91 Å². The first-order valence-electron chi connectivity index (χ1n) is 7.24. The zero-order chi connectivity index (χ0) is 18.9. The molecule has 0 radical (unpaired) electrons. The molecule has 0 aliphatic heterocycles. The molecule has 3 rings (SSSR count). The van der Waals surface area contributed by atoms with Gasteiger partial charge in [-0.15, -0.1) is 0 Å². The van der Waals surface area contributed by atoms with Gasteiger partial charge in [0.05, 0.1) is 17.4 Å². The van der Waals surface area contributed by atoms with Gasteiger partial charge in [-0.2, -0.15) is 18.3 Å². The van der Waals surface area contributed by atoms with Crippen LogP contribution in [0, 0.1) is 11.6 Å². The van der Waals surface area contributed by atoms with Gasteiger partial charge < -0.3 is 5.32 Å². The number of hydrogen-bond acceptors (Lipinski definition) is 2. The maximum Gasteiger partial charge on any atom is 0.434 e. The first-order valence-corrected chi connectivity index (χ1v) is 7.24. The van der Waals surface area contributed by atoms with Crippen LogP contribution in [0.2, 0.25) is 0 Å². The topological polar surface area (TPSA) is 46.9 Å². The lowest BCUT2D eigenvalue weighted by Crippen LogP contribution is -2.20. The normalized spacial score (nSPS) is 11.4. The van der Waals surface area contributed by atoms with Crippen molar-refractivity contribution in [1.29, 1.82) is 0 Å². The predicted octanol–water partition coefficient (Wildman–Crippen LogP) is 4.42. The van der Waals surface area contributed by atoms with Gasteiger partial charge in [0.15, 0.2) is 5.69 Å². The molecule has 0 fully saturated rings. The average Bonchev–Trinajstić information content (AvgIpc) is 3.00. The fourth-order valence-electron chi connectivity index (χ4n) is 2.38. The number of benzene rings is 2. The van der Waals surface area contributed by atoms with Crippen molar-refractivity contribution < 1.29 is 26.7 Å². The Morgan fingerprint density at radius 3 is 2.19 bits per heavy atom. The second-order valence-electron chi connectivity index (χ2n) is 5.26. The van der Waals surface area contributed by atoms with E-state index < -0.39 is 35.0 Å². The Bertz CT molecular complexity index is 931. The fourth-order valence-corrected chi connectivity index (χ4v) is 2.38. The largest absolute Gasteiger partial charge is 0.434 e. The van der Waals surface area contributed by atoms with Crippen LogP contribution in [0.25, 0.3) is 5.69 Å². The van der Waals surface area contributed by atoms with E-state index >= 15 is 0 Å². The molecule has 0 aliphatic carbocycles. The number of anilines is 1. The van der Waals surface area contributed by atoms with Gasteiger partial charge in [-0.05, 0) is 24.3 Å². The van der Waals surface area contributed by atoms with Crippen molar-refractivity contribution in [3.63, 3.8) is 0 Å². The second kappa shape index (κ2) is 6.58. The van der Waals surface area contributed by atoms with Crippen LogP contribution in [0.4, 0.5) is 27.6 Å². The summed E-state index contributed by atoms with van der Waals surface area (Å²) in [6.45, 7) is 0. The van der Waals surface area contributed by atoms with Gasteiger partial charge in [0.2, 0.25) is 0 Å². The van der Waals surface area contributed by atoms with Crippen LogP contribution in [0.5, 0.6) is 0 Å². The maximum absolute atomic E-state index is 13.5. The van der Waals surface area contributed by atoms with E-state index in [-0.39, 0.29) is 11.4 Å². The number of aromatic nitrogens is 2. The van der Waals surface area contributed by atoms with Crippen molar-refractivity contribution in [3.8, 4) is 5.69 Å². The molecule has 0 spiro atoms. The molecule has 4 nitrogen and oxygen atoms in total. The minimum atomic E-state index is -4.88. The summed E-state index contributed by atoms with van der Waals surface area (Å²) in [5.74, 6) is -3.14. The van der Waals surface area contributed by atoms with Gasteiger partial charge in [0, 0.05) is 11.8 Å². The molecule has 1 N–H and O–H groups in total. The van der Waals surface area contributed by atoms with Crippen molar-refractivity contribution in [2.24, 2.45) is 0 Å². The van der Waals surface area contributed by atoms with E-state index in [0.717, 1.165) is 18.3 Å². The van der Waals surface area contributed by atoms with Crippen molar-refractivity contribution in [3.05, 3.63) is 77.6 Å². The van der Waals surface area contributed by atoms with Crippen LogP contribution in [-0.2, 0) is 6.18 Å². The number of nitrogens with zero attached hydrogens (tertiary/aromatic N) is 2. The molecule has 2 aromatic carbocycles. The molecule has 0 saturated carbocycles. The third-order valence-corrected chi connectivity index (χ3v) is 3.40. The third kappa shape index (κ3) is 3.56. The zero-order valence-corrected chi connectivity index (χ0v) is 12.9. The van der Waals surface area contributed by atoms with Crippen LogP contribution in [0.15, 0.2) is 54.7 Å². The van der Waals surface area contributed by atoms with Crippen molar-refractivity contribution in [2.75, 3.05) is 5.32 Å². The SMILES string of the molecule is O=C(Nc1cc(F)cc(F)c1)c1cnn(-c2ccccc2)c1C(F)(F)F. The number of carbonyl (C=O) groups excluding carboxylic acids is 1. The molecule has 0 saturated heterocycles. The number of alkyl halides is 3. The number of para-hydroxylation sites is 1. The summed E-state index contributed by atoms with van der Waals surface area (Å²) in [6.07, 6.45) is -4.13. The summed E-state index contributed by atoms with van der Waals surface area (Å²) in [5, 5.41) is 5.68. The predicted molar refractivity (Wildman–Crippen MR) is 82.9 cm³/mol. The van der Waals surface area contributed by atoms with Gasteiger partial charge in [-0.3, -0.25) is 4.79 Å². The van der Waals surface area contributed by atoms with E-state index in [1.807, 2.05) is 5.32 Å². The summed E-state index contributed by atoms with van der Waals surface area (Å²) < 4.78 is 67.4. The lowest BCUT2D eigenvalue weighted by molar-refractivity contribution is -0.143. The minimum absolute atomic E-state index is 0.107. The molecule has 1 heterocycles. The Hall–Kier alpha value is -3.23. The Morgan fingerprint density at radius 1 is 1.00 bits per heavy atom. The zero-order valence-electron chi connectivity index (χ0n) is 12.9. The highest BCUT2D eigenvalue weighted by Gasteiger charge is 2.40. The Morgan fingerprint density at radius 2 is 1.62 bits per heavy atom. The summed E-state index contributed by atoms with van der Waals surface area (Å²) in [6, 6.07) is 9.60. The van der Waals surface area contributed by atoms with Crippen LogP contribution in [0.1, 0.15) is 16.1 Å². The Labute approximate surface area is 143 Å². The van der Waals surface area contributed by atoms with Crippen LogP contribution < -0.4 is 5.32 Å². The Balaban J connectivity index is 2.02. The van der Waals surface area contributed by atoms with Crippen LogP contribution in [0.3, 0.4) is 0 Å². The standard InChI is InChI=1S/C17H10F5N3O/c18-10-6-11(19)8-12(7-10)24-16(26)14-9-23-25(15(14)17(20,21)22)13-4-2-1-3-5-13/h1-9H,(H,24,26). The molecule has 134 valence electrons. The summed E-state index contributed by atoms with van der Waals surface area (Å²) in [7, 11) is 0. The van der Waals surface area contributed by atoms with Crippen molar-refractivity contribution in [1.82, 2.24) is 9.78 Å². The van der Waals surface area contributed by atoms with Crippen molar-refractivity contribution >= 4 is 11.6 Å². The highest BCUT2D eigenvalue weighted by Crippen LogP contribution is 2.34. The molecule has 26 heavy (non-hydrogen) atoms. The van der Waals surface area contributed by atoms with Crippen molar-refractivity contribution in [2.45, 2.75) is 6.18 Å². The van der Waals surface area contributed by atoms with Gasteiger partial charge in [-0.25, -0.2) is 13.5 Å². The third-order valence-electron chi connectivity index (χ3n) is 3.40. The van der Waals surface area contributed by atoms with Gasteiger partial charge in [-0.1, -0.05) is 18.2 Å². The van der Waals surface area contributed by atoms with Gasteiger partial charge >= 0.3 is 6.18 Å². The highest BCUT2D eigenvalue weighted by atomic mass is 19.4. The van der Waals surface area contributed by atoms with E-state index in [1.54, 1.807) is 6.07 Å². The van der Waals surface area contributed by atoms with Gasteiger partial charge in [0.1, 0.15) is 11.6 Å². The van der Waals surface area contributed by atoms with E-state index in [4.69, 9.17) is 0 Å². The molecule has 9 heteroatoms. The first-order chi connectivity index (χ1) is 12.3. The maximum atomic E-state index is 13.5. The highest BCUT2D eigenvalue weighted by molar-refractivity contribution is 6.05. The van der Waals surface area contributed by atoms with E-state index in [2.05, 4.69) is 5.10 Å². The molecule has 3 aromatic rings. The quantitative estimate of drug-likeness (QED) is 0.697. The number of halogens is 5. The number of nitrogens with one attached hydrogen (secondary N) is 1. The number of carbonyl (C=O) groups is 1. The molecular formula is C17H10F5N3O. The number of amides is 1. The molecule has 0 bridgehead atoms. The van der Waals surface area contributed by atoms with E-state index in [0.29, 0.717) is 10.7 Å². The Kier molecular flexibility index (Phi) is 4.45. The molecule has 1 aromatic heterocycles.